The van der Waals surface area contributed by atoms with Crippen LogP contribution in [0.2, 0.25) is 5.02 Å². The molecule has 1 aromatic rings. The second-order valence-corrected chi connectivity index (χ2v) is 7.14. The van der Waals surface area contributed by atoms with Gasteiger partial charge in [0, 0.05) is 20.0 Å². The zero-order valence-corrected chi connectivity index (χ0v) is 14.6. The van der Waals surface area contributed by atoms with Crippen LogP contribution in [0.5, 0.6) is 0 Å². The lowest BCUT2D eigenvalue weighted by atomic mass is 10.2. The molecular formula is C14H16ClN3O5S. The fourth-order valence-corrected chi connectivity index (χ4v) is 3.98. The molecule has 0 aliphatic heterocycles. The Balaban J connectivity index is 3.31. The van der Waals surface area contributed by atoms with Crippen molar-refractivity contribution in [2.24, 2.45) is 0 Å². The number of carboxylic acids is 1. The van der Waals surface area contributed by atoms with Crippen molar-refractivity contribution < 1.29 is 23.1 Å². The first-order valence-electron chi connectivity index (χ1n) is 6.80. The molecule has 0 heterocycles. The summed E-state index contributed by atoms with van der Waals surface area (Å²) in [6.45, 7) is 2.13. The first-order chi connectivity index (χ1) is 11.1. The summed E-state index contributed by atoms with van der Waals surface area (Å²) in [6.07, 6.45) is 0. The Kier molecular flexibility index (Phi) is 6.71. The number of amides is 1. The molecule has 0 saturated carbocycles. The van der Waals surface area contributed by atoms with Crippen LogP contribution in [0.1, 0.15) is 19.4 Å². The minimum Gasteiger partial charge on any atom is -0.480 e. The van der Waals surface area contributed by atoms with Crippen molar-refractivity contribution >= 4 is 33.5 Å². The topological polar surface area (TPSA) is 128 Å². The van der Waals surface area contributed by atoms with Crippen LogP contribution in [-0.2, 0) is 19.6 Å². The van der Waals surface area contributed by atoms with Gasteiger partial charge in [-0.2, -0.15) is 9.57 Å². The highest BCUT2D eigenvalue weighted by Gasteiger charge is 2.34. The summed E-state index contributed by atoms with van der Waals surface area (Å²) in [7, 11) is -4.29. The lowest BCUT2D eigenvalue weighted by Gasteiger charge is -2.26. The summed E-state index contributed by atoms with van der Waals surface area (Å²) in [5.74, 6) is -1.73. The number of nitriles is 1. The van der Waals surface area contributed by atoms with Gasteiger partial charge in [-0.05, 0) is 25.1 Å². The molecule has 130 valence electrons. The van der Waals surface area contributed by atoms with E-state index in [2.05, 4.69) is 5.32 Å². The molecule has 1 amide bonds. The summed E-state index contributed by atoms with van der Waals surface area (Å²) in [5.41, 5.74) is 0.0720. The van der Waals surface area contributed by atoms with Gasteiger partial charge in [0.2, 0.25) is 15.9 Å². The van der Waals surface area contributed by atoms with E-state index in [9.17, 15) is 18.0 Å². The molecule has 0 bridgehead atoms. The van der Waals surface area contributed by atoms with Gasteiger partial charge in [0.15, 0.2) is 0 Å². The van der Waals surface area contributed by atoms with Gasteiger partial charge in [0.25, 0.3) is 0 Å². The number of sulfonamides is 1. The average molecular weight is 374 g/mol. The van der Waals surface area contributed by atoms with E-state index < -0.39 is 22.0 Å². The lowest BCUT2D eigenvalue weighted by Crippen LogP contribution is -2.46. The van der Waals surface area contributed by atoms with E-state index in [0.717, 1.165) is 6.07 Å². The molecule has 0 fully saturated rings. The van der Waals surface area contributed by atoms with Gasteiger partial charge in [-0.25, -0.2) is 8.42 Å². The molecule has 2 N–H and O–H groups in total. The van der Waals surface area contributed by atoms with E-state index in [1.54, 1.807) is 6.07 Å². The van der Waals surface area contributed by atoms with E-state index in [1.165, 1.54) is 26.0 Å². The third kappa shape index (κ3) is 4.67. The number of rotatable bonds is 7. The average Bonchev–Trinajstić information content (AvgIpc) is 2.50. The zero-order chi connectivity index (χ0) is 18.5. The molecule has 1 aromatic carbocycles. The highest BCUT2D eigenvalue weighted by atomic mass is 35.5. The maximum absolute atomic E-state index is 12.8. The van der Waals surface area contributed by atoms with Gasteiger partial charge in [0.1, 0.15) is 10.9 Å². The molecule has 10 heteroatoms. The SMILES string of the molecule is CC(=O)NCCN(C(C)C(=O)O)S(=O)(=O)c1cc(C#N)ccc1Cl. The van der Waals surface area contributed by atoms with Gasteiger partial charge in [-0.15, -0.1) is 0 Å². The number of aliphatic carboxylic acids is 1. The largest absolute Gasteiger partial charge is 0.480 e. The van der Waals surface area contributed by atoms with E-state index in [0.29, 0.717) is 4.31 Å². The maximum Gasteiger partial charge on any atom is 0.321 e. The summed E-state index contributed by atoms with van der Waals surface area (Å²) in [6, 6.07) is 4.10. The fourth-order valence-electron chi connectivity index (χ4n) is 1.88. The van der Waals surface area contributed by atoms with Crippen LogP contribution in [0.3, 0.4) is 0 Å². The first kappa shape index (κ1) is 19.9. The van der Waals surface area contributed by atoms with E-state index in [1.807, 2.05) is 0 Å². The Bertz CT molecular complexity index is 788. The summed E-state index contributed by atoms with van der Waals surface area (Å²) in [4.78, 5) is 21.8. The number of hydrogen-bond donors (Lipinski definition) is 2. The van der Waals surface area contributed by atoms with Gasteiger partial charge in [0.05, 0.1) is 16.7 Å². The molecule has 1 unspecified atom stereocenters. The second-order valence-electron chi connectivity index (χ2n) is 4.87. The van der Waals surface area contributed by atoms with E-state index in [4.69, 9.17) is 22.0 Å². The van der Waals surface area contributed by atoms with Crippen LogP contribution in [0.15, 0.2) is 23.1 Å². The second kappa shape index (κ2) is 8.10. The Morgan fingerprint density at radius 2 is 2.08 bits per heavy atom. The number of carboxylic acid groups (broad SMARTS) is 1. The van der Waals surface area contributed by atoms with Crippen LogP contribution < -0.4 is 5.32 Å². The quantitative estimate of drug-likeness (QED) is 0.728. The van der Waals surface area contributed by atoms with Gasteiger partial charge < -0.3 is 10.4 Å². The Hall–Kier alpha value is -2.15. The monoisotopic (exact) mass is 373 g/mol. The van der Waals surface area contributed by atoms with E-state index in [-0.39, 0.29) is 34.5 Å². The smallest absolute Gasteiger partial charge is 0.321 e. The minimum atomic E-state index is -4.29. The van der Waals surface area contributed by atoms with Crippen LogP contribution in [0, 0.1) is 11.3 Å². The molecule has 24 heavy (non-hydrogen) atoms. The lowest BCUT2D eigenvalue weighted by molar-refractivity contribution is -0.140. The molecule has 0 radical (unpaired) electrons. The van der Waals surface area contributed by atoms with Gasteiger partial charge in [-0.3, -0.25) is 9.59 Å². The molecule has 1 atom stereocenters. The number of halogens is 1. The van der Waals surface area contributed by atoms with Crippen molar-refractivity contribution in [3.63, 3.8) is 0 Å². The normalized spacial score (nSPS) is 12.5. The number of carbonyl (C=O) groups is 2. The predicted octanol–water partition coefficient (Wildman–Crippen LogP) is 0.812. The van der Waals surface area contributed by atoms with Crippen molar-refractivity contribution in [2.45, 2.75) is 24.8 Å². The fraction of sp³-hybridized carbons (Fsp3) is 0.357. The van der Waals surface area contributed by atoms with Crippen molar-refractivity contribution in [1.29, 1.82) is 5.26 Å². The van der Waals surface area contributed by atoms with Crippen LogP contribution in [0.4, 0.5) is 0 Å². The molecule has 0 aliphatic rings. The summed E-state index contributed by atoms with van der Waals surface area (Å²) >= 11 is 5.92. The highest BCUT2D eigenvalue weighted by molar-refractivity contribution is 7.89. The molecule has 0 aliphatic carbocycles. The van der Waals surface area contributed by atoms with Crippen molar-refractivity contribution in [1.82, 2.24) is 9.62 Å². The van der Waals surface area contributed by atoms with Crippen molar-refractivity contribution in [3.05, 3.63) is 28.8 Å². The van der Waals surface area contributed by atoms with Crippen LogP contribution in [-0.4, -0.2) is 48.8 Å². The summed E-state index contributed by atoms with van der Waals surface area (Å²) in [5, 5.41) is 20.4. The van der Waals surface area contributed by atoms with Crippen LogP contribution in [0.25, 0.3) is 0 Å². The van der Waals surface area contributed by atoms with Crippen molar-refractivity contribution in [3.8, 4) is 6.07 Å². The van der Waals surface area contributed by atoms with Gasteiger partial charge >= 0.3 is 5.97 Å². The maximum atomic E-state index is 12.8. The zero-order valence-electron chi connectivity index (χ0n) is 13.0. The molecule has 0 spiro atoms. The molecular weight excluding hydrogens is 358 g/mol. The first-order valence-corrected chi connectivity index (χ1v) is 8.61. The Labute approximate surface area is 144 Å². The number of nitrogens with zero attached hydrogens (tertiary/aromatic N) is 2. The third-order valence-electron chi connectivity index (χ3n) is 3.14. The number of hydrogen-bond acceptors (Lipinski definition) is 5. The third-order valence-corrected chi connectivity index (χ3v) is 5.59. The Morgan fingerprint density at radius 3 is 2.58 bits per heavy atom. The number of carbonyl (C=O) groups excluding carboxylic acids is 1. The van der Waals surface area contributed by atoms with Crippen LogP contribution >= 0.6 is 11.6 Å². The predicted molar refractivity (Wildman–Crippen MR) is 85.8 cm³/mol. The standard InChI is InChI=1S/C14H16ClN3O5S/c1-9(14(20)21)18(6-5-17-10(2)19)24(22,23)13-7-11(8-16)3-4-12(13)15/h3-4,7,9H,5-6H2,1-2H3,(H,17,19)(H,20,21). The number of nitrogens with one attached hydrogen (secondary N) is 1. The molecule has 1 rings (SSSR count). The minimum absolute atomic E-state index is 0.0677. The van der Waals surface area contributed by atoms with Crippen molar-refractivity contribution in [2.75, 3.05) is 13.1 Å². The highest BCUT2D eigenvalue weighted by Crippen LogP contribution is 2.27. The number of benzene rings is 1. The Morgan fingerprint density at radius 1 is 1.46 bits per heavy atom. The van der Waals surface area contributed by atoms with E-state index >= 15 is 0 Å². The molecule has 0 aromatic heterocycles. The van der Waals surface area contributed by atoms with Gasteiger partial charge in [-0.1, -0.05) is 11.6 Å². The molecule has 8 nitrogen and oxygen atoms in total. The molecule has 0 saturated heterocycles. The summed E-state index contributed by atoms with van der Waals surface area (Å²) < 4.78 is 26.3.